The predicted molar refractivity (Wildman–Crippen MR) is 105 cm³/mol. The van der Waals surface area contributed by atoms with Gasteiger partial charge in [0.15, 0.2) is 0 Å². The average molecular weight is 435 g/mol. The van der Waals surface area contributed by atoms with E-state index in [-0.39, 0.29) is 29.8 Å². The third-order valence-electron chi connectivity index (χ3n) is 5.23. The van der Waals surface area contributed by atoms with E-state index >= 15 is 0 Å². The molecule has 2 aliphatic heterocycles. The first kappa shape index (κ1) is 23.4. The number of hydrogen-bond acceptors (Lipinski definition) is 4. The Morgan fingerprint density at radius 2 is 1.48 bits per heavy atom. The number of piperazine rings is 2. The Balaban J connectivity index is 0.00000300. The summed E-state index contributed by atoms with van der Waals surface area (Å²) in [5, 5.41) is 3.22. The largest absolute Gasteiger partial charge is 0.416 e. The summed E-state index contributed by atoms with van der Waals surface area (Å²) in [7, 11) is 0. The summed E-state index contributed by atoms with van der Waals surface area (Å²) in [6.07, 6.45) is -3.94. The Morgan fingerprint density at radius 1 is 0.897 bits per heavy atom. The second-order valence-corrected chi connectivity index (χ2v) is 7.09. The van der Waals surface area contributed by atoms with Crippen molar-refractivity contribution in [3.63, 3.8) is 0 Å². The summed E-state index contributed by atoms with van der Waals surface area (Å²) in [4.78, 5) is 30.4. The quantitative estimate of drug-likeness (QED) is 0.784. The van der Waals surface area contributed by atoms with Crippen LogP contribution in [0.4, 0.5) is 13.2 Å². The second kappa shape index (κ2) is 10.3. The van der Waals surface area contributed by atoms with E-state index in [0.717, 1.165) is 38.3 Å². The first-order valence-electron chi connectivity index (χ1n) is 9.52. The van der Waals surface area contributed by atoms with Crippen molar-refractivity contribution in [2.45, 2.75) is 12.6 Å². The summed E-state index contributed by atoms with van der Waals surface area (Å²) in [5.74, 6) is -0.102. The molecule has 10 heteroatoms. The molecule has 1 aromatic carbocycles. The van der Waals surface area contributed by atoms with E-state index in [1.165, 1.54) is 12.1 Å². The Bertz CT molecular complexity index is 686. The van der Waals surface area contributed by atoms with Gasteiger partial charge in [-0.05, 0) is 24.3 Å². The van der Waals surface area contributed by atoms with Gasteiger partial charge in [-0.2, -0.15) is 13.2 Å². The van der Waals surface area contributed by atoms with Crippen molar-refractivity contribution in [1.29, 1.82) is 0 Å². The van der Waals surface area contributed by atoms with Crippen molar-refractivity contribution >= 4 is 24.2 Å². The van der Waals surface area contributed by atoms with Gasteiger partial charge in [-0.1, -0.05) is 0 Å². The summed E-state index contributed by atoms with van der Waals surface area (Å²) >= 11 is 0. The maximum Gasteiger partial charge on any atom is 0.416 e. The molecule has 0 spiro atoms. The molecule has 0 atom stereocenters. The summed E-state index contributed by atoms with van der Waals surface area (Å²) in [6.45, 7) is 6.12. The molecule has 0 bridgehead atoms. The second-order valence-electron chi connectivity index (χ2n) is 7.09. The SMILES string of the molecule is Cl.O=C(CCN1CCN(C(=O)c2ccc(C(F)(F)F)cc2)CC1)N1CCNCC1. The van der Waals surface area contributed by atoms with Crippen LogP contribution in [0.15, 0.2) is 24.3 Å². The topological polar surface area (TPSA) is 55.9 Å². The molecule has 0 aromatic heterocycles. The van der Waals surface area contributed by atoms with Crippen molar-refractivity contribution < 1.29 is 22.8 Å². The van der Waals surface area contributed by atoms with E-state index in [1.54, 1.807) is 4.90 Å². The van der Waals surface area contributed by atoms with Crippen LogP contribution in [0.1, 0.15) is 22.3 Å². The third-order valence-corrected chi connectivity index (χ3v) is 5.23. The normalized spacial score (nSPS) is 18.3. The lowest BCUT2D eigenvalue weighted by molar-refractivity contribution is -0.137. The maximum atomic E-state index is 12.6. The molecule has 3 rings (SSSR count). The van der Waals surface area contributed by atoms with Crippen LogP contribution in [0.5, 0.6) is 0 Å². The zero-order chi connectivity index (χ0) is 20.1. The van der Waals surface area contributed by atoms with E-state index in [2.05, 4.69) is 10.2 Å². The standard InChI is InChI=1S/C19H25F3N4O2.ClH/c20-19(21,22)16-3-1-15(2-4-16)18(28)26-13-11-24(12-14-26)8-5-17(27)25-9-6-23-7-10-25;/h1-4,23H,5-14H2;1H. The van der Waals surface area contributed by atoms with Gasteiger partial charge in [-0.15, -0.1) is 12.4 Å². The molecule has 2 saturated heterocycles. The molecule has 2 fully saturated rings. The van der Waals surface area contributed by atoms with Crippen molar-refractivity contribution in [3.05, 3.63) is 35.4 Å². The van der Waals surface area contributed by atoms with Crippen LogP contribution in [0.25, 0.3) is 0 Å². The van der Waals surface area contributed by atoms with Crippen molar-refractivity contribution in [3.8, 4) is 0 Å². The van der Waals surface area contributed by atoms with Gasteiger partial charge in [-0.25, -0.2) is 0 Å². The minimum atomic E-state index is -4.41. The zero-order valence-electron chi connectivity index (χ0n) is 16.1. The van der Waals surface area contributed by atoms with Crippen molar-refractivity contribution in [1.82, 2.24) is 20.0 Å². The molecule has 2 amide bonds. The molecule has 2 aliphatic rings. The molecule has 29 heavy (non-hydrogen) atoms. The molecular weight excluding hydrogens is 409 g/mol. The number of amides is 2. The highest BCUT2D eigenvalue weighted by molar-refractivity contribution is 5.94. The molecule has 6 nitrogen and oxygen atoms in total. The first-order valence-corrected chi connectivity index (χ1v) is 9.52. The molecule has 0 radical (unpaired) electrons. The van der Waals surface area contributed by atoms with Crippen LogP contribution in [-0.2, 0) is 11.0 Å². The highest BCUT2D eigenvalue weighted by Crippen LogP contribution is 2.29. The van der Waals surface area contributed by atoms with Gasteiger partial charge < -0.3 is 15.1 Å². The van der Waals surface area contributed by atoms with Crippen LogP contribution in [0.2, 0.25) is 0 Å². The van der Waals surface area contributed by atoms with Crippen LogP contribution in [-0.4, -0.2) is 85.4 Å². The molecule has 0 aliphatic carbocycles. The van der Waals surface area contributed by atoms with E-state index in [0.29, 0.717) is 39.1 Å². The van der Waals surface area contributed by atoms with Crippen LogP contribution in [0, 0.1) is 0 Å². The van der Waals surface area contributed by atoms with Crippen molar-refractivity contribution in [2.75, 3.05) is 58.9 Å². The molecule has 162 valence electrons. The fourth-order valence-corrected chi connectivity index (χ4v) is 3.49. The average Bonchev–Trinajstić information content (AvgIpc) is 2.72. The maximum absolute atomic E-state index is 12.6. The lowest BCUT2D eigenvalue weighted by Gasteiger charge is -2.35. The predicted octanol–water partition coefficient (Wildman–Crippen LogP) is 1.71. The van der Waals surface area contributed by atoms with E-state index < -0.39 is 11.7 Å². The number of carbonyl (C=O) groups is 2. The fraction of sp³-hybridized carbons (Fsp3) is 0.579. The minimum absolute atomic E-state index is 0. The molecule has 1 N–H and O–H groups in total. The highest BCUT2D eigenvalue weighted by Gasteiger charge is 2.30. The number of rotatable bonds is 4. The zero-order valence-corrected chi connectivity index (χ0v) is 16.9. The fourth-order valence-electron chi connectivity index (χ4n) is 3.49. The number of carbonyl (C=O) groups excluding carboxylic acids is 2. The number of nitrogens with one attached hydrogen (secondary N) is 1. The summed E-state index contributed by atoms with van der Waals surface area (Å²) in [5.41, 5.74) is -0.502. The Labute approximate surface area is 174 Å². The lowest BCUT2D eigenvalue weighted by Crippen LogP contribution is -2.50. The minimum Gasteiger partial charge on any atom is -0.340 e. The van der Waals surface area contributed by atoms with Gasteiger partial charge in [0.25, 0.3) is 5.91 Å². The Morgan fingerprint density at radius 3 is 2.03 bits per heavy atom. The van der Waals surface area contributed by atoms with Gasteiger partial charge in [0, 0.05) is 70.9 Å². The van der Waals surface area contributed by atoms with Crippen molar-refractivity contribution in [2.24, 2.45) is 0 Å². The Hall–Kier alpha value is -1.84. The summed E-state index contributed by atoms with van der Waals surface area (Å²) < 4.78 is 37.9. The Kier molecular flexibility index (Phi) is 8.30. The van der Waals surface area contributed by atoms with Gasteiger partial charge >= 0.3 is 6.18 Å². The number of benzene rings is 1. The number of alkyl halides is 3. The summed E-state index contributed by atoms with van der Waals surface area (Å²) in [6, 6.07) is 4.32. The lowest BCUT2D eigenvalue weighted by atomic mass is 10.1. The smallest absolute Gasteiger partial charge is 0.340 e. The molecule has 1 aromatic rings. The van der Waals surface area contributed by atoms with E-state index in [1.807, 2.05) is 4.90 Å². The molecule has 0 saturated carbocycles. The van der Waals surface area contributed by atoms with Gasteiger partial charge in [0.1, 0.15) is 0 Å². The molecule has 2 heterocycles. The van der Waals surface area contributed by atoms with Gasteiger partial charge in [0.05, 0.1) is 5.56 Å². The van der Waals surface area contributed by atoms with E-state index in [9.17, 15) is 22.8 Å². The number of halogens is 4. The van der Waals surface area contributed by atoms with Gasteiger partial charge in [-0.3, -0.25) is 14.5 Å². The number of hydrogen-bond donors (Lipinski definition) is 1. The number of nitrogens with zero attached hydrogens (tertiary/aromatic N) is 3. The van der Waals surface area contributed by atoms with E-state index in [4.69, 9.17) is 0 Å². The third kappa shape index (κ3) is 6.32. The van der Waals surface area contributed by atoms with Crippen LogP contribution in [0.3, 0.4) is 0 Å². The van der Waals surface area contributed by atoms with Gasteiger partial charge in [0.2, 0.25) is 5.91 Å². The van der Waals surface area contributed by atoms with Crippen LogP contribution < -0.4 is 5.32 Å². The molecule has 0 unspecified atom stereocenters. The monoisotopic (exact) mass is 434 g/mol. The van der Waals surface area contributed by atoms with Crippen LogP contribution >= 0.6 is 12.4 Å². The highest BCUT2D eigenvalue weighted by atomic mass is 35.5. The molecular formula is C19H26ClF3N4O2. The first-order chi connectivity index (χ1) is 13.3.